The van der Waals surface area contributed by atoms with Gasteiger partial charge in [-0.3, -0.25) is 0 Å². The van der Waals surface area contributed by atoms with E-state index < -0.39 is 0 Å². The molecule has 0 bridgehead atoms. The predicted octanol–water partition coefficient (Wildman–Crippen LogP) is 4.18. The molecule has 1 heterocycles. The van der Waals surface area contributed by atoms with Crippen molar-refractivity contribution in [2.45, 2.75) is 58.2 Å². The quantitative estimate of drug-likeness (QED) is 0.855. The number of nitrogens with one attached hydrogen (secondary N) is 1. The van der Waals surface area contributed by atoms with Crippen LogP contribution in [0.2, 0.25) is 5.02 Å². The summed E-state index contributed by atoms with van der Waals surface area (Å²) in [6.07, 6.45) is 3.65. The van der Waals surface area contributed by atoms with Gasteiger partial charge in [0.15, 0.2) is 0 Å². The molecule has 1 aromatic carbocycles. The number of benzene rings is 1. The molecule has 1 N–H and O–H groups in total. The van der Waals surface area contributed by atoms with Crippen LogP contribution in [0.25, 0.3) is 0 Å². The van der Waals surface area contributed by atoms with Gasteiger partial charge < -0.3 is 14.8 Å². The molecule has 2 rings (SSSR count). The maximum absolute atomic E-state index is 6.10. The van der Waals surface area contributed by atoms with E-state index in [2.05, 4.69) is 26.1 Å². The highest BCUT2D eigenvalue weighted by molar-refractivity contribution is 6.30. The van der Waals surface area contributed by atoms with E-state index in [1.807, 2.05) is 18.2 Å². The zero-order chi connectivity index (χ0) is 15.3. The normalized spacial score (nSPS) is 19.0. The van der Waals surface area contributed by atoms with Gasteiger partial charge in [0.25, 0.3) is 0 Å². The van der Waals surface area contributed by atoms with Crippen molar-refractivity contribution in [2.24, 2.45) is 0 Å². The summed E-state index contributed by atoms with van der Waals surface area (Å²) >= 11 is 6.10. The van der Waals surface area contributed by atoms with E-state index in [0.29, 0.717) is 12.7 Å². The zero-order valence-corrected chi connectivity index (χ0v) is 14.0. The minimum atomic E-state index is 0.0667. The standard InChI is InChI=1S/C17H26ClNO2/c1-17(2,3)19-12-13-11-14(18)6-7-16(13)21-10-8-15-5-4-9-20-15/h6-7,11,15,19H,4-5,8-10,12H2,1-3H3. The highest BCUT2D eigenvalue weighted by Gasteiger charge is 2.16. The van der Waals surface area contributed by atoms with Gasteiger partial charge in [0.2, 0.25) is 0 Å². The third-order valence-electron chi connectivity index (χ3n) is 3.55. The van der Waals surface area contributed by atoms with Gasteiger partial charge in [-0.1, -0.05) is 11.6 Å². The predicted molar refractivity (Wildman–Crippen MR) is 87.1 cm³/mol. The van der Waals surface area contributed by atoms with Crippen LogP contribution in [-0.4, -0.2) is 24.9 Å². The number of rotatable bonds is 6. The monoisotopic (exact) mass is 311 g/mol. The molecule has 21 heavy (non-hydrogen) atoms. The fourth-order valence-corrected chi connectivity index (χ4v) is 2.55. The van der Waals surface area contributed by atoms with Crippen LogP contribution in [0.3, 0.4) is 0 Å². The van der Waals surface area contributed by atoms with Crippen LogP contribution in [0.4, 0.5) is 0 Å². The van der Waals surface area contributed by atoms with Crippen molar-refractivity contribution in [2.75, 3.05) is 13.2 Å². The maximum Gasteiger partial charge on any atom is 0.123 e. The largest absolute Gasteiger partial charge is 0.493 e. The summed E-state index contributed by atoms with van der Waals surface area (Å²) in [6, 6.07) is 5.81. The van der Waals surface area contributed by atoms with E-state index in [0.717, 1.165) is 42.3 Å². The van der Waals surface area contributed by atoms with Gasteiger partial charge in [-0.25, -0.2) is 0 Å². The minimum absolute atomic E-state index is 0.0667. The summed E-state index contributed by atoms with van der Waals surface area (Å²) in [4.78, 5) is 0. The van der Waals surface area contributed by atoms with Crippen LogP contribution >= 0.6 is 11.6 Å². The van der Waals surface area contributed by atoms with Gasteiger partial charge in [0.1, 0.15) is 5.75 Å². The third kappa shape index (κ3) is 5.85. The second kappa shape index (κ2) is 7.48. The second-order valence-corrected chi connectivity index (χ2v) is 7.06. The Morgan fingerprint density at radius 1 is 1.38 bits per heavy atom. The van der Waals surface area contributed by atoms with E-state index in [9.17, 15) is 0 Å². The van der Waals surface area contributed by atoms with Gasteiger partial charge in [-0.15, -0.1) is 0 Å². The van der Waals surface area contributed by atoms with E-state index >= 15 is 0 Å². The van der Waals surface area contributed by atoms with Crippen LogP contribution in [0.1, 0.15) is 45.6 Å². The summed E-state index contributed by atoms with van der Waals surface area (Å²) in [6.45, 7) is 8.78. The van der Waals surface area contributed by atoms with E-state index in [1.165, 1.54) is 6.42 Å². The molecule has 1 atom stereocenters. The van der Waals surface area contributed by atoms with Crippen molar-refractivity contribution < 1.29 is 9.47 Å². The fourth-order valence-electron chi connectivity index (χ4n) is 2.36. The Hall–Kier alpha value is -0.770. The molecule has 0 aromatic heterocycles. The zero-order valence-electron chi connectivity index (χ0n) is 13.2. The van der Waals surface area contributed by atoms with Crippen LogP contribution in [0, 0.1) is 0 Å². The molecule has 1 aliphatic heterocycles. The molecular weight excluding hydrogens is 286 g/mol. The average Bonchev–Trinajstić information content (AvgIpc) is 2.91. The summed E-state index contributed by atoms with van der Waals surface area (Å²) in [5, 5.41) is 4.22. The molecule has 1 unspecified atom stereocenters. The van der Waals surface area contributed by atoms with Crippen LogP contribution in [0.15, 0.2) is 18.2 Å². The fraction of sp³-hybridized carbons (Fsp3) is 0.647. The summed E-state index contributed by atoms with van der Waals surface area (Å²) in [5.74, 6) is 0.911. The first-order valence-corrected chi connectivity index (χ1v) is 8.10. The van der Waals surface area contributed by atoms with Crippen molar-refractivity contribution in [3.05, 3.63) is 28.8 Å². The number of hydrogen-bond acceptors (Lipinski definition) is 3. The van der Waals surface area contributed by atoms with Crippen molar-refractivity contribution in [1.82, 2.24) is 5.32 Å². The Balaban J connectivity index is 1.90. The lowest BCUT2D eigenvalue weighted by atomic mass is 10.1. The lowest BCUT2D eigenvalue weighted by Crippen LogP contribution is -2.35. The molecule has 1 aliphatic rings. The molecule has 0 aliphatic carbocycles. The average molecular weight is 312 g/mol. The molecule has 0 saturated carbocycles. The van der Waals surface area contributed by atoms with Crippen molar-refractivity contribution in [3.63, 3.8) is 0 Å². The number of ether oxygens (including phenoxy) is 2. The van der Waals surface area contributed by atoms with E-state index in [1.54, 1.807) is 0 Å². The molecule has 4 heteroatoms. The van der Waals surface area contributed by atoms with Gasteiger partial charge in [-0.2, -0.15) is 0 Å². The third-order valence-corrected chi connectivity index (χ3v) is 3.79. The number of hydrogen-bond donors (Lipinski definition) is 1. The SMILES string of the molecule is CC(C)(C)NCc1cc(Cl)ccc1OCCC1CCCO1. The maximum atomic E-state index is 6.10. The van der Waals surface area contributed by atoms with Gasteiger partial charge in [0, 0.05) is 35.7 Å². The smallest absolute Gasteiger partial charge is 0.123 e. The molecule has 0 spiro atoms. The highest BCUT2D eigenvalue weighted by Crippen LogP contribution is 2.24. The van der Waals surface area contributed by atoms with E-state index in [4.69, 9.17) is 21.1 Å². The van der Waals surface area contributed by atoms with Crippen LogP contribution < -0.4 is 10.1 Å². The molecule has 1 aromatic rings. The lowest BCUT2D eigenvalue weighted by molar-refractivity contribution is 0.0902. The van der Waals surface area contributed by atoms with Gasteiger partial charge in [-0.05, 0) is 51.8 Å². The van der Waals surface area contributed by atoms with Crippen LogP contribution in [-0.2, 0) is 11.3 Å². The molecule has 1 fully saturated rings. The molecular formula is C17H26ClNO2. The van der Waals surface area contributed by atoms with Gasteiger partial charge in [0.05, 0.1) is 12.7 Å². The Labute approximate surface area is 133 Å². The topological polar surface area (TPSA) is 30.5 Å². The Morgan fingerprint density at radius 2 is 2.19 bits per heavy atom. The number of halogens is 1. The Morgan fingerprint density at radius 3 is 2.86 bits per heavy atom. The molecule has 118 valence electrons. The minimum Gasteiger partial charge on any atom is -0.493 e. The summed E-state index contributed by atoms with van der Waals surface area (Å²) in [5.41, 5.74) is 1.17. The first-order valence-electron chi connectivity index (χ1n) is 7.72. The van der Waals surface area contributed by atoms with Gasteiger partial charge >= 0.3 is 0 Å². The molecule has 1 saturated heterocycles. The van der Waals surface area contributed by atoms with Crippen molar-refractivity contribution in [1.29, 1.82) is 0 Å². The van der Waals surface area contributed by atoms with E-state index in [-0.39, 0.29) is 5.54 Å². The highest BCUT2D eigenvalue weighted by atomic mass is 35.5. The molecule has 0 amide bonds. The first kappa shape index (κ1) is 16.6. The Bertz CT molecular complexity index is 451. The molecule has 0 radical (unpaired) electrons. The second-order valence-electron chi connectivity index (χ2n) is 6.63. The van der Waals surface area contributed by atoms with Crippen molar-refractivity contribution in [3.8, 4) is 5.75 Å². The first-order chi connectivity index (χ1) is 9.94. The summed E-state index contributed by atoms with van der Waals surface area (Å²) < 4.78 is 11.6. The lowest BCUT2D eigenvalue weighted by Gasteiger charge is -2.22. The summed E-state index contributed by atoms with van der Waals surface area (Å²) in [7, 11) is 0. The molecule has 3 nitrogen and oxygen atoms in total. The van der Waals surface area contributed by atoms with Crippen molar-refractivity contribution >= 4 is 11.6 Å². The Kier molecular flexibility index (Phi) is 5.91. The van der Waals surface area contributed by atoms with Crippen LogP contribution in [0.5, 0.6) is 5.75 Å².